The van der Waals surface area contributed by atoms with E-state index in [0.717, 1.165) is 7.11 Å². The summed E-state index contributed by atoms with van der Waals surface area (Å²) >= 11 is 16.4. The van der Waals surface area contributed by atoms with Gasteiger partial charge in [-0.25, -0.2) is 4.79 Å². The second-order valence-corrected chi connectivity index (χ2v) is 7.17. The molecule has 1 rings (SSSR count). The summed E-state index contributed by atoms with van der Waals surface area (Å²) in [5, 5.41) is 11.7. The minimum Gasteiger partial charge on any atom is -0.467 e. The van der Waals surface area contributed by atoms with E-state index in [1.165, 1.54) is 0 Å². The Bertz CT molecular complexity index is 425. The van der Waals surface area contributed by atoms with E-state index in [1.807, 2.05) is 0 Å². The second-order valence-electron chi connectivity index (χ2n) is 4.89. The molecule has 0 aromatic rings. The van der Waals surface area contributed by atoms with Crippen molar-refractivity contribution < 1.29 is 28.9 Å². The van der Waals surface area contributed by atoms with Crippen molar-refractivity contribution in [3.05, 3.63) is 0 Å². The number of aliphatic hydroxyl groups is 1. The number of aliphatic hydroxyl groups excluding tert-OH is 1. The molecule has 1 fully saturated rings. The number of hydrogen-bond donors (Lipinski definition) is 2. The summed E-state index contributed by atoms with van der Waals surface area (Å²) in [5.74, 6) is -3.02. The van der Waals surface area contributed by atoms with E-state index in [9.17, 15) is 14.7 Å². The topological polar surface area (TPSA) is 94.1 Å². The number of halogens is 3. The number of methoxy groups -OCH3 is 1. The van der Waals surface area contributed by atoms with Crippen LogP contribution in [0.5, 0.6) is 0 Å². The number of alkyl halides is 3. The van der Waals surface area contributed by atoms with Crippen molar-refractivity contribution in [2.75, 3.05) is 20.3 Å². The number of nitrogens with one attached hydrogen (secondary N) is 1. The monoisotopic (exact) mass is 363 g/mol. The maximum absolute atomic E-state index is 12.1. The van der Waals surface area contributed by atoms with Crippen LogP contribution in [0.3, 0.4) is 0 Å². The van der Waals surface area contributed by atoms with Gasteiger partial charge in [-0.3, -0.25) is 4.79 Å². The van der Waals surface area contributed by atoms with Gasteiger partial charge in [0.2, 0.25) is 0 Å². The van der Waals surface area contributed by atoms with E-state index < -0.39 is 39.7 Å². The Labute approximate surface area is 136 Å². The Hall–Kier alpha value is -0.310. The van der Waals surface area contributed by atoms with Gasteiger partial charge >= 0.3 is 5.97 Å². The molecule has 0 aromatic carbocycles. The van der Waals surface area contributed by atoms with Crippen LogP contribution in [-0.2, 0) is 23.8 Å². The van der Waals surface area contributed by atoms with Crippen LogP contribution < -0.4 is 5.32 Å². The highest BCUT2D eigenvalue weighted by atomic mass is 35.6. The molecule has 1 aliphatic heterocycles. The molecule has 1 saturated heterocycles. The van der Waals surface area contributed by atoms with E-state index in [-0.39, 0.29) is 6.61 Å². The summed E-state index contributed by atoms with van der Waals surface area (Å²) in [6, 6.07) is 0. The predicted octanol–water partition coefficient (Wildman–Crippen LogP) is 0.528. The number of amides is 1. The van der Waals surface area contributed by atoms with Crippen LogP contribution >= 0.6 is 34.8 Å². The molecule has 0 bridgehead atoms. The van der Waals surface area contributed by atoms with Crippen molar-refractivity contribution in [2.24, 2.45) is 0 Å². The molecule has 1 aliphatic rings. The number of hydrogen-bond acceptors (Lipinski definition) is 6. The van der Waals surface area contributed by atoms with Gasteiger partial charge in [0.05, 0.1) is 20.3 Å². The molecule has 0 spiro atoms. The third kappa shape index (κ3) is 4.12. The standard InChI is InChI=1S/C11H16Cl3NO6/c1-9(2)20-5-10(8(18)19-3,6(4-16)21-9)15-7(17)11(12,13)14/h6,16H,4-5H2,1-3H3,(H,15,17)/t6-,10-/m0/s1. The first-order valence-corrected chi connectivity index (χ1v) is 7.02. The zero-order valence-electron chi connectivity index (χ0n) is 11.6. The van der Waals surface area contributed by atoms with Gasteiger partial charge in [0.15, 0.2) is 11.3 Å². The van der Waals surface area contributed by atoms with Crippen molar-refractivity contribution >= 4 is 46.7 Å². The molecule has 0 aliphatic carbocycles. The molecule has 2 atom stereocenters. The van der Waals surface area contributed by atoms with Crippen LogP contribution in [0, 0.1) is 0 Å². The molecule has 0 unspecified atom stereocenters. The quantitative estimate of drug-likeness (QED) is 0.560. The van der Waals surface area contributed by atoms with Crippen molar-refractivity contribution in [3.63, 3.8) is 0 Å². The maximum Gasteiger partial charge on any atom is 0.336 e. The van der Waals surface area contributed by atoms with E-state index in [1.54, 1.807) is 13.8 Å². The summed E-state index contributed by atoms with van der Waals surface area (Å²) in [7, 11) is 1.11. The Kier molecular flexibility index (Phi) is 5.74. The minimum absolute atomic E-state index is 0.315. The number of carbonyl (C=O) groups is 2. The predicted molar refractivity (Wildman–Crippen MR) is 75.2 cm³/mol. The molecular formula is C11H16Cl3NO6. The first-order chi connectivity index (χ1) is 9.48. The van der Waals surface area contributed by atoms with E-state index in [4.69, 9.17) is 44.3 Å². The fraction of sp³-hybridized carbons (Fsp3) is 0.818. The van der Waals surface area contributed by atoms with Gasteiger partial charge in [0.25, 0.3) is 9.70 Å². The minimum atomic E-state index is -2.30. The lowest BCUT2D eigenvalue weighted by Gasteiger charge is -2.46. The van der Waals surface area contributed by atoms with Crippen LogP contribution in [0.4, 0.5) is 0 Å². The van der Waals surface area contributed by atoms with Crippen LogP contribution in [0.1, 0.15) is 13.8 Å². The van der Waals surface area contributed by atoms with Crippen LogP contribution in [0.2, 0.25) is 0 Å². The zero-order chi connectivity index (χ0) is 16.5. The van der Waals surface area contributed by atoms with E-state index in [0.29, 0.717) is 0 Å². The summed E-state index contributed by atoms with van der Waals surface area (Å²) < 4.78 is 13.2. The second kappa shape index (κ2) is 6.44. The van der Waals surface area contributed by atoms with Gasteiger partial charge in [0, 0.05) is 0 Å². The van der Waals surface area contributed by atoms with Crippen LogP contribution in [0.25, 0.3) is 0 Å². The lowest BCUT2D eigenvalue weighted by Crippen LogP contribution is -2.72. The number of rotatable bonds is 3. The van der Waals surface area contributed by atoms with Gasteiger partial charge in [-0.05, 0) is 13.8 Å². The van der Waals surface area contributed by atoms with E-state index in [2.05, 4.69) is 10.1 Å². The summed E-state index contributed by atoms with van der Waals surface area (Å²) in [6.07, 6.45) is -1.13. The zero-order valence-corrected chi connectivity index (χ0v) is 13.9. The normalized spacial score (nSPS) is 28.8. The first-order valence-electron chi connectivity index (χ1n) is 5.89. The van der Waals surface area contributed by atoms with Crippen LogP contribution in [-0.4, -0.2) is 58.5 Å². The summed E-state index contributed by atoms with van der Waals surface area (Å²) in [4.78, 5) is 24.0. The average molecular weight is 365 g/mol. The number of esters is 1. The van der Waals surface area contributed by atoms with Crippen molar-refractivity contribution in [2.45, 2.75) is 35.1 Å². The Morgan fingerprint density at radius 3 is 2.43 bits per heavy atom. The lowest BCUT2D eigenvalue weighted by atomic mass is 9.91. The molecule has 0 aromatic heterocycles. The van der Waals surface area contributed by atoms with Gasteiger partial charge < -0.3 is 24.6 Å². The Balaban J connectivity index is 3.15. The molecule has 1 heterocycles. The molecule has 10 heteroatoms. The summed E-state index contributed by atoms with van der Waals surface area (Å²) in [6.45, 7) is 2.29. The molecule has 122 valence electrons. The highest BCUT2D eigenvalue weighted by Crippen LogP contribution is 2.33. The third-order valence-corrected chi connectivity index (χ3v) is 3.45. The SMILES string of the molecule is COC(=O)[C@]1(NC(=O)C(Cl)(Cl)Cl)COC(C)(C)O[C@H]1CO. The molecule has 7 nitrogen and oxygen atoms in total. The molecule has 21 heavy (non-hydrogen) atoms. The van der Waals surface area contributed by atoms with Gasteiger partial charge in [-0.15, -0.1) is 0 Å². The average Bonchev–Trinajstić information content (AvgIpc) is 2.38. The summed E-state index contributed by atoms with van der Waals surface area (Å²) in [5.41, 5.74) is -1.82. The number of carbonyl (C=O) groups excluding carboxylic acids is 2. The molecule has 2 N–H and O–H groups in total. The smallest absolute Gasteiger partial charge is 0.336 e. The fourth-order valence-electron chi connectivity index (χ4n) is 1.86. The molecule has 0 radical (unpaired) electrons. The first kappa shape index (κ1) is 18.7. The van der Waals surface area contributed by atoms with Crippen molar-refractivity contribution in [3.8, 4) is 0 Å². The van der Waals surface area contributed by atoms with Gasteiger partial charge in [-0.2, -0.15) is 0 Å². The van der Waals surface area contributed by atoms with Gasteiger partial charge in [-0.1, -0.05) is 34.8 Å². The highest BCUT2D eigenvalue weighted by molar-refractivity contribution is 6.76. The highest BCUT2D eigenvalue weighted by Gasteiger charge is 2.56. The Morgan fingerprint density at radius 1 is 1.43 bits per heavy atom. The van der Waals surface area contributed by atoms with E-state index >= 15 is 0 Å². The largest absolute Gasteiger partial charge is 0.467 e. The molecular weight excluding hydrogens is 348 g/mol. The molecule has 1 amide bonds. The Morgan fingerprint density at radius 2 is 2.00 bits per heavy atom. The molecule has 0 saturated carbocycles. The third-order valence-electron chi connectivity index (χ3n) is 2.93. The maximum atomic E-state index is 12.1. The van der Waals surface area contributed by atoms with Crippen molar-refractivity contribution in [1.82, 2.24) is 5.32 Å². The van der Waals surface area contributed by atoms with Crippen molar-refractivity contribution in [1.29, 1.82) is 0 Å². The van der Waals surface area contributed by atoms with Gasteiger partial charge in [0.1, 0.15) is 6.10 Å². The number of ether oxygens (including phenoxy) is 3. The van der Waals surface area contributed by atoms with Crippen LogP contribution in [0.15, 0.2) is 0 Å². The fourth-order valence-corrected chi connectivity index (χ4v) is 2.01. The lowest BCUT2D eigenvalue weighted by molar-refractivity contribution is -0.304.